The predicted molar refractivity (Wildman–Crippen MR) is 74.7 cm³/mol. The number of hydrogen-bond donors (Lipinski definition) is 2. The molecule has 120 valence electrons. The Bertz CT molecular complexity index is 498. The lowest BCUT2D eigenvalue weighted by atomic mass is 9.96. The lowest BCUT2D eigenvalue weighted by molar-refractivity contribution is -0.341. The fourth-order valence-corrected chi connectivity index (χ4v) is 2.83. The Morgan fingerprint density at radius 3 is 2.77 bits per heavy atom. The van der Waals surface area contributed by atoms with E-state index >= 15 is 0 Å². The van der Waals surface area contributed by atoms with Gasteiger partial charge in [0.05, 0.1) is 6.61 Å². The Labute approximate surface area is 128 Å². The van der Waals surface area contributed by atoms with Crippen molar-refractivity contribution in [1.82, 2.24) is 5.32 Å². The first-order chi connectivity index (χ1) is 10.7. The number of carbonyl (C=O) groups excluding carboxylic acids is 1. The number of amides is 1. The fraction of sp³-hybridized carbons (Fsp3) is 0.533. The van der Waals surface area contributed by atoms with Gasteiger partial charge in [-0.05, 0) is 0 Å². The highest BCUT2D eigenvalue weighted by Crippen LogP contribution is 2.34. The maximum Gasteiger partial charge on any atom is 0.207 e. The van der Waals surface area contributed by atoms with Gasteiger partial charge in [0.25, 0.3) is 0 Å². The number of nitrogens with one attached hydrogen (secondary N) is 1. The average Bonchev–Trinajstić information content (AvgIpc) is 2.58. The van der Waals surface area contributed by atoms with Crippen LogP contribution in [0, 0.1) is 0 Å². The van der Waals surface area contributed by atoms with E-state index in [0.29, 0.717) is 6.41 Å². The maximum absolute atomic E-state index is 10.7. The minimum atomic E-state index is -0.955. The highest BCUT2D eigenvalue weighted by atomic mass is 16.7. The number of aliphatic hydroxyl groups excluding tert-OH is 1. The van der Waals surface area contributed by atoms with Crippen molar-refractivity contribution in [3.63, 3.8) is 0 Å². The van der Waals surface area contributed by atoms with Gasteiger partial charge in [-0.2, -0.15) is 0 Å². The molecule has 0 unspecified atom stereocenters. The second-order valence-corrected chi connectivity index (χ2v) is 5.26. The lowest BCUT2D eigenvalue weighted by Crippen LogP contribution is -2.65. The second-order valence-electron chi connectivity index (χ2n) is 5.26. The fourth-order valence-electron chi connectivity index (χ4n) is 2.83. The van der Waals surface area contributed by atoms with E-state index in [1.54, 1.807) is 0 Å². The number of hydrogen-bond acceptors (Lipinski definition) is 6. The van der Waals surface area contributed by atoms with Crippen LogP contribution in [0.25, 0.3) is 0 Å². The van der Waals surface area contributed by atoms with E-state index in [0.717, 1.165) is 5.56 Å². The monoisotopic (exact) mass is 309 g/mol. The van der Waals surface area contributed by atoms with E-state index in [4.69, 9.17) is 18.9 Å². The topological polar surface area (TPSA) is 86.2 Å². The zero-order chi connectivity index (χ0) is 15.5. The van der Waals surface area contributed by atoms with Gasteiger partial charge in [0.1, 0.15) is 24.4 Å². The molecule has 0 aliphatic carbocycles. The summed E-state index contributed by atoms with van der Waals surface area (Å²) in [6.45, 7) is 0.273. The first-order valence-corrected chi connectivity index (χ1v) is 7.12. The van der Waals surface area contributed by atoms with Crippen molar-refractivity contribution >= 4 is 6.41 Å². The summed E-state index contributed by atoms with van der Waals surface area (Å²) >= 11 is 0. The Morgan fingerprint density at radius 1 is 1.32 bits per heavy atom. The third-order valence-corrected chi connectivity index (χ3v) is 3.93. The van der Waals surface area contributed by atoms with Crippen LogP contribution in [-0.2, 0) is 23.7 Å². The smallest absolute Gasteiger partial charge is 0.207 e. The quantitative estimate of drug-likeness (QED) is 0.758. The molecule has 3 rings (SSSR count). The van der Waals surface area contributed by atoms with Crippen molar-refractivity contribution in [3.8, 4) is 0 Å². The Kier molecular flexibility index (Phi) is 4.70. The lowest BCUT2D eigenvalue weighted by Gasteiger charge is -2.47. The van der Waals surface area contributed by atoms with Crippen LogP contribution in [0.3, 0.4) is 0 Å². The van der Waals surface area contributed by atoms with Crippen molar-refractivity contribution in [2.45, 2.75) is 36.9 Å². The molecule has 2 aliphatic heterocycles. The van der Waals surface area contributed by atoms with Crippen LogP contribution in [0.1, 0.15) is 11.9 Å². The molecule has 1 aromatic carbocycles. The summed E-state index contributed by atoms with van der Waals surface area (Å²) in [5.41, 5.74) is 0.863. The van der Waals surface area contributed by atoms with Crippen LogP contribution in [0.5, 0.6) is 0 Å². The van der Waals surface area contributed by atoms with Gasteiger partial charge in [-0.15, -0.1) is 0 Å². The third-order valence-electron chi connectivity index (χ3n) is 3.93. The van der Waals surface area contributed by atoms with Crippen LogP contribution < -0.4 is 5.32 Å². The Hall–Kier alpha value is -1.51. The van der Waals surface area contributed by atoms with Gasteiger partial charge in [0.15, 0.2) is 12.6 Å². The molecule has 0 saturated carbocycles. The molecule has 0 aromatic heterocycles. The number of rotatable bonds is 4. The molecule has 2 saturated heterocycles. The van der Waals surface area contributed by atoms with E-state index in [-0.39, 0.29) is 6.61 Å². The van der Waals surface area contributed by atoms with Crippen molar-refractivity contribution in [2.24, 2.45) is 0 Å². The van der Waals surface area contributed by atoms with E-state index in [1.165, 1.54) is 7.11 Å². The van der Waals surface area contributed by atoms with Crippen molar-refractivity contribution in [2.75, 3.05) is 13.7 Å². The van der Waals surface area contributed by atoms with Crippen LogP contribution >= 0.6 is 0 Å². The van der Waals surface area contributed by atoms with Gasteiger partial charge in [-0.3, -0.25) is 4.79 Å². The van der Waals surface area contributed by atoms with Crippen LogP contribution in [-0.4, -0.2) is 55.9 Å². The molecule has 2 heterocycles. The molecule has 2 fully saturated rings. The van der Waals surface area contributed by atoms with Gasteiger partial charge in [0, 0.05) is 12.7 Å². The molecule has 0 radical (unpaired) electrons. The summed E-state index contributed by atoms with van der Waals surface area (Å²) in [6.07, 6.45) is -2.83. The van der Waals surface area contributed by atoms with Gasteiger partial charge in [0.2, 0.25) is 6.41 Å². The molecule has 0 bridgehead atoms. The van der Waals surface area contributed by atoms with E-state index < -0.39 is 36.9 Å². The zero-order valence-corrected chi connectivity index (χ0v) is 12.1. The zero-order valence-electron chi connectivity index (χ0n) is 12.1. The van der Waals surface area contributed by atoms with Gasteiger partial charge >= 0.3 is 0 Å². The van der Waals surface area contributed by atoms with Crippen molar-refractivity contribution in [1.29, 1.82) is 0 Å². The van der Waals surface area contributed by atoms with Crippen LogP contribution in [0.4, 0.5) is 0 Å². The number of carbonyl (C=O) groups is 1. The molecule has 6 atom stereocenters. The van der Waals surface area contributed by atoms with Crippen LogP contribution in [0.2, 0.25) is 0 Å². The summed E-state index contributed by atoms with van der Waals surface area (Å²) in [5.74, 6) is 0. The van der Waals surface area contributed by atoms with E-state index in [9.17, 15) is 9.90 Å². The molecular weight excluding hydrogens is 290 g/mol. The standard InChI is InChI=1S/C15H19NO6/c1-19-15-11(16-8-17)12(18)13-10(21-15)7-20-14(22-13)9-5-3-2-4-6-9/h2-6,8,10-15,18H,7H2,1H3,(H,16,17)/t10-,11+,12+,13-,14+,15-/m1/s1. The number of methoxy groups -OCH3 is 1. The molecule has 1 amide bonds. The van der Waals surface area contributed by atoms with Gasteiger partial charge in [-0.1, -0.05) is 30.3 Å². The highest BCUT2D eigenvalue weighted by Gasteiger charge is 2.49. The Balaban J connectivity index is 1.76. The molecule has 2 N–H and O–H groups in total. The minimum Gasteiger partial charge on any atom is -0.388 e. The van der Waals surface area contributed by atoms with E-state index in [1.807, 2.05) is 30.3 Å². The Morgan fingerprint density at radius 2 is 2.09 bits per heavy atom. The third kappa shape index (κ3) is 2.86. The normalized spacial score (nSPS) is 38.1. The average molecular weight is 309 g/mol. The molecule has 7 nitrogen and oxygen atoms in total. The van der Waals surface area contributed by atoms with Crippen molar-refractivity contribution < 1.29 is 28.8 Å². The SMILES string of the molecule is CO[C@@H]1O[C@@H]2CO[C@H](c3ccccc3)O[C@H]2[C@@H](O)[C@@H]1NC=O. The summed E-state index contributed by atoms with van der Waals surface area (Å²) < 4.78 is 22.4. The minimum absolute atomic E-state index is 0.273. The van der Waals surface area contributed by atoms with Gasteiger partial charge < -0.3 is 29.4 Å². The van der Waals surface area contributed by atoms with Gasteiger partial charge in [-0.25, -0.2) is 0 Å². The predicted octanol–water partition coefficient (Wildman–Crippen LogP) is -0.0526. The molecule has 2 aliphatic rings. The first-order valence-electron chi connectivity index (χ1n) is 7.12. The molecule has 1 aromatic rings. The van der Waals surface area contributed by atoms with Crippen molar-refractivity contribution in [3.05, 3.63) is 35.9 Å². The molecular formula is C15H19NO6. The summed E-state index contributed by atoms with van der Waals surface area (Å²) in [7, 11) is 1.45. The summed E-state index contributed by atoms with van der Waals surface area (Å²) in [6, 6.07) is 8.76. The molecule has 22 heavy (non-hydrogen) atoms. The largest absolute Gasteiger partial charge is 0.388 e. The summed E-state index contributed by atoms with van der Waals surface area (Å²) in [4.78, 5) is 10.7. The number of fused-ring (bicyclic) bond motifs is 1. The van der Waals surface area contributed by atoms with Crippen LogP contribution in [0.15, 0.2) is 30.3 Å². The summed E-state index contributed by atoms with van der Waals surface area (Å²) in [5, 5.41) is 13.0. The number of aliphatic hydroxyl groups is 1. The maximum atomic E-state index is 10.7. The van der Waals surface area contributed by atoms with E-state index in [2.05, 4.69) is 5.32 Å². The number of ether oxygens (including phenoxy) is 4. The second kappa shape index (κ2) is 6.72. The highest BCUT2D eigenvalue weighted by molar-refractivity contribution is 5.47. The number of benzene rings is 1. The molecule has 7 heteroatoms. The first kappa shape index (κ1) is 15.4. The molecule has 0 spiro atoms.